The summed E-state index contributed by atoms with van der Waals surface area (Å²) >= 11 is 6.01. The monoisotopic (exact) mass is 360 g/mol. The summed E-state index contributed by atoms with van der Waals surface area (Å²) in [5, 5.41) is 0. The fraction of sp³-hybridized carbons (Fsp3) is 0.263. The molecule has 5 nitrogen and oxygen atoms in total. The van der Waals surface area contributed by atoms with Gasteiger partial charge in [0, 0.05) is 6.42 Å². The van der Waals surface area contributed by atoms with Crippen LogP contribution in [0, 0.1) is 0 Å². The van der Waals surface area contributed by atoms with Crippen LogP contribution >= 0.6 is 11.6 Å². The number of hydrogen-bond donors (Lipinski definition) is 0. The first-order chi connectivity index (χ1) is 12.1. The van der Waals surface area contributed by atoms with Crippen molar-refractivity contribution in [2.45, 2.75) is 24.2 Å². The van der Waals surface area contributed by atoms with E-state index < -0.39 is 29.7 Å². The summed E-state index contributed by atoms with van der Waals surface area (Å²) in [5.74, 6) is -0.922. The number of alkyl halides is 1. The van der Waals surface area contributed by atoms with Gasteiger partial charge in [-0.2, -0.15) is 0 Å². The lowest BCUT2D eigenvalue weighted by molar-refractivity contribution is -0.0322. The van der Waals surface area contributed by atoms with Gasteiger partial charge in [-0.15, -0.1) is 0 Å². The Hall–Kier alpha value is -2.37. The molecule has 1 aliphatic rings. The van der Waals surface area contributed by atoms with Gasteiger partial charge in [-0.05, 0) is 24.3 Å². The lowest BCUT2D eigenvalue weighted by Crippen LogP contribution is -2.32. The molecule has 1 saturated heterocycles. The number of benzene rings is 2. The second-order valence-electron chi connectivity index (χ2n) is 5.59. The van der Waals surface area contributed by atoms with E-state index in [1.807, 2.05) is 12.1 Å². The molecule has 0 saturated carbocycles. The fourth-order valence-electron chi connectivity index (χ4n) is 2.53. The maximum Gasteiger partial charge on any atom is 0.338 e. The van der Waals surface area contributed by atoms with Crippen molar-refractivity contribution < 1.29 is 23.8 Å². The predicted molar refractivity (Wildman–Crippen MR) is 91.5 cm³/mol. The van der Waals surface area contributed by atoms with Crippen molar-refractivity contribution in [1.29, 1.82) is 0 Å². The van der Waals surface area contributed by atoms with Crippen molar-refractivity contribution in [3.05, 3.63) is 71.8 Å². The minimum absolute atomic E-state index is 0.0380. The maximum absolute atomic E-state index is 12.2. The highest BCUT2D eigenvalue weighted by atomic mass is 35.5. The molecule has 0 N–H and O–H groups in total. The van der Waals surface area contributed by atoms with Gasteiger partial charge in [0.25, 0.3) is 0 Å². The van der Waals surface area contributed by atoms with Gasteiger partial charge in [-0.1, -0.05) is 48.0 Å². The Labute approximate surface area is 150 Å². The van der Waals surface area contributed by atoms with E-state index in [0.717, 1.165) is 0 Å². The third kappa shape index (κ3) is 4.59. The molecule has 6 heteroatoms. The van der Waals surface area contributed by atoms with Gasteiger partial charge < -0.3 is 14.2 Å². The Kier molecular flexibility index (Phi) is 5.68. The second-order valence-corrected chi connectivity index (χ2v) is 6.08. The molecule has 0 spiro atoms. The quantitative estimate of drug-likeness (QED) is 0.604. The van der Waals surface area contributed by atoms with Crippen LogP contribution < -0.4 is 0 Å². The summed E-state index contributed by atoms with van der Waals surface area (Å²) in [4.78, 5) is 24.2. The van der Waals surface area contributed by atoms with Gasteiger partial charge in [0.1, 0.15) is 24.4 Å². The smallest absolute Gasteiger partial charge is 0.338 e. The summed E-state index contributed by atoms with van der Waals surface area (Å²) in [7, 11) is 0. The van der Waals surface area contributed by atoms with E-state index >= 15 is 0 Å². The van der Waals surface area contributed by atoms with E-state index in [-0.39, 0.29) is 6.61 Å². The predicted octanol–water partition coefficient (Wildman–Crippen LogP) is 3.42. The van der Waals surface area contributed by atoms with E-state index in [4.69, 9.17) is 25.8 Å². The van der Waals surface area contributed by atoms with Crippen LogP contribution in [0.15, 0.2) is 60.7 Å². The van der Waals surface area contributed by atoms with E-state index in [2.05, 4.69) is 0 Å². The average Bonchev–Trinajstić information content (AvgIpc) is 3.00. The van der Waals surface area contributed by atoms with Gasteiger partial charge in [0.15, 0.2) is 0 Å². The first-order valence-electron chi connectivity index (χ1n) is 7.91. The van der Waals surface area contributed by atoms with Gasteiger partial charge in [-0.3, -0.25) is 0 Å². The Morgan fingerprint density at radius 2 is 1.52 bits per heavy atom. The molecular formula is C19H17ClO5. The van der Waals surface area contributed by atoms with E-state index in [0.29, 0.717) is 17.5 Å². The SMILES string of the molecule is O=C(OCC1OC(Cl)CC1OC(=O)c1ccccc1)c1ccccc1. The summed E-state index contributed by atoms with van der Waals surface area (Å²) < 4.78 is 16.3. The largest absolute Gasteiger partial charge is 0.459 e. The van der Waals surface area contributed by atoms with Crippen LogP contribution in [0.5, 0.6) is 0 Å². The van der Waals surface area contributed by atoms with Crippen molar-refractivity contribution in [3.63, 3.8) is 0 Å². The van der Waals surface area contributed by atoms with Gasteiger partial charge in [0.05, 0.1) is 11.1 Å². The zero-order valence-corrected chi connectivity index (χ0v) is 14.1. The number of carbonyl (C=O) groups is 2. The van der Waals surface area contributed by atoms with Crippen molar-refractivity contribution in [2.75, 3.05) is 6.61 Å². The van der Waals surface area contributed by atoms with E-state index in [9.17, 15) is 9.59 Å². The molecule has 25 heavy (non-hydrogen) atoms. The molecule has 0 aromatic heterocycles. The highest BCUT2D eigenvalue weighted by Gasteiger charge is 2.38. The molecule has 2 aromatic carbocycles. The Morgan fingerprint density at radius 1 is 0.960 bits per heavy atom. The second kappa shape index (κ2) is 8.14. The minimum Gasteiger partial charge on any atom is -0.459 e. The molecule has 0 bridgehead atoms. The third-order valence-electron chi connectivity index (χ3n) is 3.81. The average molecular weight is 361 g/mol. The van der Waals surface area contributed by atoms with Crippen LogP contribution in [0.1, 0.15) is 27.1 Å². The Balaban J connectivity index is 1.58. The number of esters is 2. The lowest BCUT2D eigenvalue weighted by atomic mass is 10.2. The Morgan fingerprint density at radius 3 is 2.12 bits per heavy atom. The van der Waals surface area contributed by atoms with Gasteiger partial charge in [-0.25, -0.2) is 9.59 Å². The number of hydrogen-bond acceptors (Lipinski definition) is 5. The number of halogens is 1. The molecule has 1 aliphatic heterocycles. The van der Waals surface area contributed by atoms with Gasteiger partial charge >= 0.3 is 11.9 Å². The molecule has 0 amide bonds. The normalized spacial score (nSPS) is 22.4. The van der Waals surface area contributed by atoms with Crippen molar-refractivity contribution in [1.82, 2.24) is 0 Å². The van der Waals surface area contributed by atoms with Crippen LogP contribution in [0.2, 0.25) is 0 Å². The summed E-state index contributed by atoms with van der Waals surface area (Å²) in [5.41, 5.74) is 0.301. The molecule has 3 unspecified atom stereocenters. The van der Waals surface area contributed by atoms with Crippen molar-refractivity contribution >= 4 is 23.5 Å². The van der Waals surface area contributed by atoms with Crippen molar-refractivity contribution in [2.24, 2.45) is 0 Å². The molecule has 1 fully saturated rings. The zero-order chi connectivity index (χ0) is 17.6. The molecule has 3 atom stereocenters. The minimum atomic E-state index is -0.595. The molecule has 0 radical (unpaired) electrons. The topological polar surface area (TPSA) is 61.8 Å². The molecule has 0 aliphatic carbocycles. The first-order valence-corrected chi connectivity index (χ1v) is 8.35. The van der Waals surface area contributed by atoms with Crippen LogP contribution in [0.3, 0.4) is 0 Å². The molecular weight excluding hydrogens is 344 g/mol. The van der Waals surface area contributed by atoms with Crippen molar-refractivity contribution in [3.8, 4) is 0 Å². The highest BCUT2D eigenvalue weighted by Crippen LogP contribution is 2.27. The van der Waals surface area contributed by atoms with Crippen LogP contribution in [0.4, 0.5) is 0 Å². The van der Waals surface area contributed by atoms with Crippen LogP contribution in [-0.2, 0) is 14.2 Å². The standard InChI is InChI=1S/C19H17ClO5/c20-17-11-15(25-19(22)14-9-5-2-6-10-14)16(24-17)12-23-18(21)13-7-3-1-4-8-13/h1-10,15-17H,11-12H2. The molecule has 2 aromatic rings. The Bertz CT molecular complexity index is 719. The fourth-order valence-corrected chi connectivity index (χ4v) is 2.84. The first kappa shape index (κ1) is 17.5. The van der Waals surface area contributed by atoms with Gasteiger partial charge in [0.2, 0.25) is 0 Å². The number of rotatable bonds is 5. The maximum atomic E-state index is 12.2. The van der Waals surface area contributed by atoms with Crippen LogP contribution in [0.25, 0.3) is 0 Å². The lowest BCUT2D eigenvalue weighted by Gasteiger charge is -2.18. The molecule has 130 valence electrons. The third-order valence-corrected chi connectivity index (χ3v) is 4.09. The zero-order valence-electron chi connectivity index (χ0n) is 13.3. The van der Waals surface area contributed by atoms with Crippen LogP contribution in [-0.4, -0.2) is 36.3 Å². The summed E-state index contributed by atoms with van der Waals surface area (Å²) in [6.07, 6.45) is -0.824. The number of ether oxygens (including phenoxy) is 3. The van der Waals surface area contributed by atoms with E-state index in [1.54, 1.807) is 48.5 Å². The van der Waals surface area contributed by atoms with E-state index in [1.165, 1.54) is 0 Å². The highest BCUT2D eigenvalue weighted by molar-refractivity contribution is 6.19. The molecule has 3 rings (SSSR count). The summed E-state index contributed by atoms with van der Waals surface area (Å²) in [6, 6.07) is 17.3. The molecule has 1 heterocycles. The number of carbonyl (C=O) groups excluding carboxylic acids is 2. The summed E-state index contributed by atoms with van der Waals surface area (Å²) in [6.45, 7) is -0.0380.